The summed E-state index contributed by atoms with van der Waals surface area (Å²) in [6.45, 7) is 5.44. The first-order chi connectivity index (χ1) is 7.16. The Balaban J connectivity index is 2.13. The minimum absolute atomic E-state index is 0.512. The van der Waals surface area contributed by atoms with Gasteiger partial charge in [-0.05, 0) is 26.1 Å². The molecule has 4 heteroatoms. The van der Waals surface area contributed by atoms with Gasteiger partial charge in [-0.1, -0.05) is 11.6 Å². The normalized spacial score (nSPS) is 23.1. The van der Waals surface area contributed by atoms with Crippen LogP contribution in [0.2, 0.25) is 5.02 Å². The van der Waals surface area contributed by atoms with Crippen molar-refractivity contribution in [3.63, 3.8) is 0 Å². The molecule has 1 unspecified atom stereocenters. The Morgan fingerprint density at radius 1 is 1.40 bits per heavy atom. The van der Waals surface area contributed by atoms with Crippen LogP contribution in [0.3, 0.4) is 0 Å². The first-order valence-corrected chi connectivity index (χ1v) is 5.61. The summed E-state index contributed by atoms with van der Waals surface area (Å²) in [7, 11) is 2.16. The average molecular weight is 226 g/mol. The SMILES string of the molecule is CC1CN(C)CCN1c1ccc(Cl)cn1. The predicted molar refractivity (Wildman–Crippen MR) is 63.6 cm³/mol. The lowest BCUT2D eigenvalue weighted by atomic mass is 10.2. The molecule has 1 fully saturated rings. The quantitative estimate of drug-likeness (QED) is 0.728. The van der Waals surface area contributed by atoms with Crippen molar-refractivity contribution in [2.45, 2.75) is 13.0 Å². The van der Waals surface area contributed by atoms with Crippen LogP contribution in [0.4, 0.5) is 5.82 Å². The smallest absolute Gasteiger partial charge is 0.128 e. The monoisotopic (exact) mass is 225 g/mol. The minimum atomic E-state index is 0.512. The minimum Gasteiger partial charge on any atom is -0.351 e. The zero-order chi connectivity index (χ0) is 10.8. The average Bonchev–Trinajstić information content (AvgIpc) is 2.20. The van der Waals surface area contributed by atoms with Crippen molar-refractivity contribution < 1.29 is 0 Å². The molecule has 0 radical (unpaired) electrons. The van der Waals surface area contributed by atoms with Gasteiger partial charge in [0.25, 0.3) is 0 Å². The number of hydrogen-bond acceptors (Lipinski definition) is 3. The van der Waals surface area contributed by atoms with Crippen molar-refractivity contribution in [2.75, 3.05) is 31.6 Å². The zero-order valence-electron chi connectivity index (χ0n) is 9.15. The summed E-state index contributed by atoms with van der Waals surface area (Å²) in [6, 6.07) is 4.40. The second-order valence-corrected chi connectivity index (χ2v) is 4.58. The van der Waals surface area contributed by atoms with Gasteiger partial charge in [-0.2, -0.15) is 0 Å². The molecule has 3 nitrogen and oxygen atoms in total. The van der Waals surface area contributed by atoms with Gasteiger partial charge >= 0.3 is 0 Å². The van der Waals surface area contributed by atoms with E-state index in [9.17, 15) is 0 Å². The number of nitrogens with zero attached hydrogens (tertiary/aromatic N) is 3. The third-order valence-corrected chi connectivity index (χ3v) is 3.06. The number of aromatic nitrogens is 1. The summed E-state index contributed by atoms with van der Waals surface area (Å²) in [5, 5.41) is 0.695. The molecule has 1 aliphatic rings. The van der Waals surface area contributed by atoms with Gasteiger partial charge in [0.05, 0.1) is 5.02 Å². The van der Waals surface area contributed by atoms with E-state index in [2.05, 4.69) is 28.8 Å². The Kier molecular flexibility index (Phi) is 3.12. The van der Waals surface area contributed by atoms with Gasteiger partial charge < -0.3 is 9.80 Å². The zero-order valence-corrected chi connectivity index (χ0v) is 9.91. The van der Waals surface area contributed by atoms with Crippen LogP contribution in [0.25, 0.3) is 0 Å². The summed E-state index contributed by atoms with van der Waals surface area (Å²) in [6.07, 6.45) is 1.71. The van der Waals surface area contributed by atoms with Crippen LogP contribution in [0.5, 0.6) is 0 Å². The molecule has 1 atom stereocenters. The van der Waals surface area contributed by atoms with Crippen LogP contribution in [-0.4, -0.2) is 42.6 Å². The number of piperazine rings is 1. The second kappa shape index (κ2) is 4.37. The van der Waals surface area contributed by atoms with Crippen molar-refractivity contribution >= 4 is 17.4 Å². The van der Waals surface area contributed by atoms with Crippen molar-refractivity contribution in [2.24, 2.45) is 0 Å². The molecule has 0 aliphatic carbocycles. The highest BCUT2D eigenvalue weighted by Crippen LogP contribution is 2.19. The van der Waals surface area contributed by atoms with E-state index in [0.717, 1.165) is 25.5 Å². The van der Waals surface area contributed by atoms with Gasteiger partial charge in [0, 0.05) is 31.9 Å². The lowest BCUT2D eigenvalue weighted by Crippen LogP contribution is -2.50. The standard InChI is InChI=1S/C11H16ClN3/c1-9-8-14(2)5-6-15(9)11-4-3-10(12)7-13-11/h3-4,7,9H,5-6,8H2,1-2H3. The highest BCUT2D eigenvalue weighted by Gasteiger charge is 2.22. The van der Waals surface area contributed by atoms with Crippen molar-refractivity contribution in [1.82, 2.24) is 9.88 Å². The molecule has 1 aromatic rings. The molecule has 0 aromatic carbocycles. The summed E-state index contributed by atoms with van der Waals surface area (Å²) in [5.41, 5.74) is 0. The van der Waals surface area contributed by atoms with Crippen molar-refractivity contribution in [1.29, 1.82) is 0 Å². The molecule has 15 heavy (non-hydrogen) atoms. The number of likely N-dealkylation sites (N-methyl/N-ethyl adjacent to an activating group) is 1. The Labute approximate surface area is 95.7 Å². The Morgan fingerprint density at radius 3 is 2.80 bits per heavy atom. The molecule has 1 saturated heterocycles. The number of halogens is 1. The van der Waals surface area contributed by atoms with Gasteiger partial charge in [-0.3, -0.25) is 0 Å². The Morgan fingerprint density at radius 2 is 2.20 bits per heavy atom. The largest absolute Gasteiger partial charge is 0.351 e. The van der Waals surface area contributed by atoms with E-state index in [1.165, 1.54) is 0 Å². The molecular weight excluding hydrogens is 210 g/mol. The van der Waals surface area contributed by atoms with Gasteiger partial charge in [0.1, 0.15) is 5.82 Å². The van der Waals surface area contributed by atoms with E-state index in [4.69, 9.17) is 11.6 Å². The summed E-state index contributed by atoms with van der Waals surface area (Å²) in [5.74, 6) is 1.03. The van der Waals surface area contributed by atoms with Crippen LogP contribution in [0.1, 0.15) is 6.92 Å². The maximum atomic E-state index is 5.82. The first-order valence-electron chi connectivity index (χ1n) is 5.23. The molecular formula is C11H16ClN3. The summed E-state index contributed by atoms with van der Waals surface area (Å²) < 4.78 is 0. The van der Waals surface area contributed by atoms with Crippen LogP contribution in [-0.2, 0) is 0 Å². The van der Waals surface area contributed by atoms with Crippen LogP contribution in [0.15, 0.2) is 18.3 Å². The molecule has 2 rings (SSSR count). The highest BCUT2D eigenvalue weighted by molar-refractivity contribution is 6.30. The Hall–Kier alpha value is -0.800. The number of rotatable bonds is 1. The van der Waals surface area contributed by atoms with Crippen LogP contribution >= 0.6 is 11.6 Å². The number of hydrogen-bond donors (Lipinski definition) is 0. The first kappa shape index (κ1) is 10.7. The predicted octanol–water partition coefficient (Wildman–Crippen LogP) is 1.88. The maximum absolute atomic E-state index is 5.82. The van der Waals surface area contributed by atoms with E-state index in [1.54, 1.807) is 6.20 Å². The lowest BCUT2D eigenvalue weighted by molar-refractivity contribution is 0.274. The third kappa shape index (κ3) is 2.41. The fourth-order valence-electron chi connectivity index (χ4n) is 2.02. The van der Waals surface area contributed by atoms with E-state index < -0.39 is 0 Å². The van der Waals surface area contributed by atoms with E-state index in [1.807, 2.05) is 12.1 Å². The fraction of sp³-hybridized carbons (Fsp3) is 0.545. The van der Waals surface area contributed by atoms with E-state index in [-0.39, 0.29) is 0 Å². The molecule has 1 aromatic heterocycles. The third-order valence-electron chi connectivity index (χ3n) is 2.84. The van der Waals surface area contributed by atoms with E-state index >= 15 is 0 Å². The number of anilines is 1. The molecule has 0 saturated carbocycles. The van der Waals surface area contributed by atoms with Crippen LogP contribution < -0.4 is 4.90 Å². The molecule has 0 spiro atoms. The molecule has 0 amide bonds. The van der Waals surface area contributed by atoms with Gasteiger partial charge in [-0.25, -0.2) is 4.98 Å². The van der Waals surface area contributed by atoms with E-state index in [0.29, 0.717) is 11.1 Å². The maximum Gasteiger partial charge on any atom is 0.128 e. The number of pyridine rings is 1. The fourth-order valence-corrected chi connectivity index (χ4v) is 2.13. The second-order valence-electron chi connectivity index (χ2n) is 4.14. The topological polar surface area (TPSA) is 19.4 Å². The molecule has 0 N–H and O–H groups in total. The van der Waals surface area contributed by atoms with Crippen molar-refractivity contribution in [3.05, 3.63) is 23.4 Å². The summed E-state index contributed by atoms with van der Waals surface area (Å²) >= 11 is 5.82. The van der Waals surface area contributed by atoms with Crippen LogP contribution in [0, 0.1) is 0 Å². The Bertz CT molecular complexity index is 325. The molecule has 2 heterocycles. The summed E-state index contributed by atoms with van der Waals surface area (Å²) in [4.78, 5) is 9.03. The van der Waals surface area contributed by atoms with Gasteiger partial charge in [0.15, 0.2) is 0 Å². The van der Waals surface area contributed by atoms with Gasteiger partial charge in [-0.15, -0.1) is 0 Å². The van der Waals surface area contributed by atoms with Crippen molar-refractivity contribution in [3.8, 4) is 0 Å². The van der Waals surface area contributed by atoms with Gasteiger partial charge in [0.2, 0.25) is 0 Å². The molecule has 0 bridgehead atoms. The molecule has 82 valence electrons. The lowest BCUT2D eigenvalue weighted by Gasteiger charge is -2.38. The molecule has 1 aliphatic heterocycles. The highest BCUT2D eigenvalue weighted by atomic mass is 35.5.